The van der Waals surface area contributed by atoms with Crippen LogP contribution in [0.25, 0.3) is 11.5 Å². The van der Waals surface area contributed by atoms with Crippen LogP contribution >= 0.6 is 0 Å². The second-order valence-corrected chi connectivity index (χ2v) is 7.04. The molecule has 0 aliphatic carbocycles. The summed E-state index contributed by atoms with van der Waals surface area (Å²) in [4.78, 5) is 4.36. The fourth-order valence-corrected chi connectivity index (χ4v) is 3.23. The lowest BCUT2D eigenvalue weighted by atomic mass is 10.1. The highest BCUT2D eigenvalue weighted by Gasteiger charge is 2.18. The van der Waals surface area contributed by atoms with Gasteiger partial charge in [0.25, 0.3) is 15.9 Å². The van der Waals surface area contributed by atoms with E-state index in [0.717, 1.165) is 5.56 Å². The number of aryl methyl sites for hydroxylation is 3. The van der Waals surface area contributed by atoms with Crippen molar-refractivity contribution < 1.29 is 12.9 Å². The van der Waals surface area contributed by atoms with Crippen LogP contribution in [-0.4, -0.2) is 28.3 Å². The molecule has 0 bridgehead atoms. The van der Waals surface area contributed by atoms with Crippen LogP contribution in [0.4, 0.5) is 5.69 Å². The van der Waals surface area contributed by atoms with Gasteiger partial charge in [-0.1, -0.05) is 18.1 Å². The first-order valence-corrected chi connectivity index (χ1v) is 8.82. The Bertz CT molecular complexity index is 975. The van der Waals surface area contributed by atoms with Crippen LogP contribution < -0.4 is 4.72 Å². The first-order chi connectivity index (χ1) is 11.4. The number of hydrogen-bond donors (Lipinski definition) is 1. The Morgan fingerprint density at radius 2 is 2.12 bits per heavy atom. The highest BCUT2D eigenvalue weighted by Crippen LogP contribution is 2.26. The summed E-state index contributed by atoms with van der Waals surface area (Å²) in [6.07, 6.45) is 3.40. The predicted molar refractivity (Wildman–Crippen MR) is 87.9 cm³/mol. The molecule has 3 rings (SSSR count). The largest absolute Gasteiger partial charge is 0.334 e. The van der Waals surface area contributed by atoms with Crippen LogP contribution in [0.3, 0.4) is 0 Å². The summed E-state index contributed by atoms with van der Waals surface area (Å²) in [5.41, 5.74) is 1.88. The predicted octanol–water partition coefficient (Wildman–Crippen LogP) is 2.14. The SMILES string of the molecule is CCc1noc(-c2ccc(C)c(NS(=O)(=O)c3cnn(C)c3)c2)n1. The molecule has 0 atom stereocenters. The van der Waals surface area contributed by atoms with Crippen LogP contribution in [0.1, 0.15) is 18.3 Å². The van der Waals surface area contributed by atoms with E-state index < -0.39 is 10.0 Å². The number of nitrogens with zero attached hydrogens (tertiary/aromatic N) is 4. The van der Waals surface area contributed by atoms with Gasteiger partial charge < -0.3 is 4.52 Å². The van der Waals surface area contributed by atoms with Gasteiger partial charge in [0.05, 0.1) is 11.9 Å². The van der Waals surface area contributed by atoms with Crippen LogP contribution in [0.5, 0.6) is 0 Å². The van der Waals surface area contributed by atoms with E-state index in [1.165, 1.54) is 17.1 Å². The van der Waals surface area contributed by atoms with Gasteiger partial charge in [0.2, 0.25) is 0 Å². The van der Waals surface area contributed by atoms with E-state index in [1.54, 1.807) is 19.2 Å². The molecule has 1 aromatic carbocycles. The first-order valence-electron chi connectivity index (χ1n) is 7.34. The maximum atomic E-state index is 12.4. The van der Waals surface area contributed by atoms with Crippen molar-refractivity contribution in [2.24, 2.45) is 7.05 Å². The molecule has 0 unspecified atom stereocenters. The van der Waals surface area contributed by atoms with Gasteiger partial charge in [-0.05, 0) is 24.6 Å². The van der Waals surface area contributed by atoms with Crippen LogP contribution in [0.2, 0.25) is 0 Å². The van der Waals surface area contributed by atoms with Crippen LogP contribution in [0, 0.1) is 6.92 Å². The molecule has 24 heavy (non-hydrogen) atoms. The summed E-state index contributed by atoms with van der Waals surface area (Å²) in [7, 11) is -2.05. The van der Waals surface area contributed by atoms with Gasteiger partial charge in [-0.3, -0.25) is 9.40 Å². The number of aromatic nitrogens is 4. The summed E-state index contributed by atoms with van der Waals surface area (Å²) < 4.78 is 34.1. The Hall–Kier alpha value is -2.68. The summed E-state index contributed by atoms with van der Waals surface area (Å²) in [6, 6.07) is 5.28. The molecule has 0 saturated carbocycles. The third-order valence-electron chi connectivity index (χ3n) is 3.50. The molecule has 0 saturated heterocycles. The van der Waals surface area contributed by atoms with E-state index in [9.17, 15) is 8.42 Å². The average molecular weight is 347 g/mol. The normalized spacial score (nSPS) is 11.6. The fourth-order valence-electron chi connectivity index (χ4n) is 2.12. The van der Waals surface area contributed by atoms with Crippen LogP contribution in [0.15, 0.2) is 40.0 Å². The molecule has 126 valence electrons. The van der Waals surface area contributed by atoms with Crippen molar-refractivity contribution in [1.82, 2.24) is 19.9 Å². The average Bonchev–Trinajstić information content (AvgIpc) is 3.18. The maximum absolute atomic E-state index is 12.4. The number of sulfonamides is 1. The molecule has 0 aliphatic heterocycles. The lowest BCUT2D eigenvalue weighted by Crippen LogP contribution is -2.13. The second kappa shape index (κ2) is 6.08. The van der Waals surface area contributed by atoms with Gasteiger partial charge >= 0.3 is 0 Å². The first kappa shape index (κ1) is 16.2. The van der Waals surface area contributed by atoms with E-state index in [4.69, 9.17) is 4.52 Å². The van der Waals surface area contributed by atoms with Crippen molar-refractivity contribution in [3.8, 4) is 11.5 Å². The van der Waals surface area contributed by atoms with E-state index in [0.29, 0.717) is 29.4 Å². The molecule has 3 aromatic rings. The van der Waals surface area contributed by atoms with E-state index in [2.05, 4.69) is 20.0 Å². The summed E-state index contributed by atoms with van der Waals surface area (Å²) in [5, 5.41) is 7.74. The van der Waals surface area contributed by atoms with Gasteiger partial charge in [-0.25, -0.2) is 8.42 Å². The standard InChI is InChI=1S/C15H17N5O3S/c1-4-14-17-15(23-18-14)11-6-5-10(2)13(7-11)19-24(21,22)12-8-16-20(3)9-12/h5-9,19H,4H2,1-3H3. The lowest BCUT2D eigenvalue weighted by Gasteiger charge is -2.10. The smallest absolute Gasteiger partial charge is 0.265 e. The number of hydrogen-bond acceptors (Lipinski definition) is 6. The van der Waals surface area contributed by atoms with Crippen molar-refractivity contribution in [1.29, 1.82) is 0 Å². The third-order valence-corrected chi connectivity index (χ3v) is 4.82. The minimum atomic E-state index is -3.71. The molecule has 1 N–H and O–H groups in total. The lowest BCUT2D eigenvalue weighted by molar-refractivity contribution is 0.423. The summed E-state index contributed by atoms with van der Waals surface area (Å²) >= 11 is 0. The quantitative estimate of drug-likeness (QED) is 0.758. The number of rotatable bonds is 5. The molecule has 2 aromatic heterocycles. The minimum Gasteiger partial charge on any atom is -0.334 e. The molecular formula is C15H17N5O3S. The zero-order valence-corrected chi connectivity index (χ0v) is 14.3. The Balaban J connectivity index is 1.94. The van der Waals surface area contributed by atoms with Crippen molar-refractivity contribution in [2.75, 3.05) is 4.72 Å². The van der Waals surface area contributed by atoms with E-state index >= 15 is 0 Å². The molecule has 0 spiro atoms. The van der Waals surface area contributed by atoms with Gasteiger partial charge in [-0.2, -0.15) is 10.1 Å². The summed E-state index contributed by atoms with van der Waals surface area (Å²) in [6.45, 7) is 3.74. The topological polar surface area (TPSA) is 103 Å². The Labute approximate surface area is 139 Å². The van der Waals surface area contributed by atoms with Crippen molar-refractivity contribution >= 4 is 15.7 Å². The number of benzene rings is 1. The molecule has 0 aliphatic rings. The fraction of sp³-hybridized carbons (Fsp3) is 0.267. The van der Waals surface area contributed by atoms with Gasteiger partial charge in [0.15, 0.2) is 5.82 Å². The van der Waals surface area contributed by atoms with Gasteiger partial charge in [0.1, 0.15) is 4.90 Å². The molecular weight excluding hydrogens is 330 g/mol. The van der Waals surface area contributed by atoms with Crippen LogP contribution in [-0.2, 0) is 23.5 Å². The maximum Gasteiger partial charge on any atom is 0.265 e. The monoisotopic (exact) mass is 347 g/mol. The van der Waals surface area contributed by atoms with Gasteiger partial charge in [0, 0.05) is 25.2 Å². The molecule has 0 fully saturated rings. The van der Waals surface area contributed by atoms with E-state index in [-0.39, 0.29) is 4.90 Å². The Morgan fingerprint density at radius 1 is 1.33 bits per heavy atom. The van der Waals surface area contributed by atoms with Gasteiger partial charge in [-0.15, -0.1) is 0 Å². The second-order valence-electron chi connectivity index (χ2n) is 5.35. The third kappa shape index (κ3) is 3.16. The van der Waals surface area contributed by atoms with Crippen molar-refractivity contribution in [3.63, 3.8) is 0 Å². The summed E-state index contributed by atoms with van der Waals surface area (Å²) in [5.74, 6) is 0.955. The number of nitrogens with one attached hydrogen (secondary N) is 1. The zero-order valence-electron chi connectivity index (χ0n) is 13.5. The number of anilines is 1. The van der Waals surface area contributed by atoms with Crippen molar-refractivity contribution in [3.05, 3.63) is 42.0 Å². The van der Waals surface area contributed by atoms with Crippen molar-refractivity contribution in [2.45, 2.75) is 25.2 Å². The Kier molecular flexibility index (Phi) is 4.10. The molecule has 9 heteroatoms. The molecule has 8 nitrogen and oxygen atoms in total. The minimum absolute atomic E-state index is 0.0980. The molecule has 0 radical (unpaired) electrons. The highest BCUT2D eigenvalue weighted by atomic mass is 32.2. The molecule has 0 amide bonds. The zero-order chi connectivity index (χ0) is 17.3. The van der Waals surface area contributed by atoms with E-state index in [1.807, 2.05) is 19.9 Å². The Morgan fingerprint density at radius 3 is 2.75 bits per heavy atom. The highest BCUT2D eigenvalue weighted by molar-refractivity contribution is 7.92. The molecule has 2 heterocycles.